The number of nitrogens with zero attached hydrogens (tertiary/aromatic N) is 4. The van der Waals surface area contributed by atoms with Gasteiger partial charge < -0.3 is 15.1 Å². The fourth-order valence-electron chi connectivity index (χ4n) is 4.13. The molecule has 0 spiro atoms. The number of likely N-dealkylation sites (N-methyl/N-ethyl adjacent to an activating group) is 2. The zero-order valence-electron chi connectivity index (χ0n) is 17.8. The van der Waals surface area contributed by atoms with Crippen LogP contribution < -0.4 is 5.32 Å². The minimum absolute atomic E-state index is 0.0303. The first kappa shape index (κ1) is 22.0. The van der Waals surface area contributed by atoms with Crippen LogP contribution in [0.2, 0.25) is 0 Å². The van der Waals surface area contributed by atoms with Gasteiger partial charge in [-0.05, 0) is 31.0 Å². The van der Waals surface area contributed by atoms with Gasteiger partial charge in [-0.25, -0.2) is 19.2 Å². The molecule has 0 aromatic heterocycles. The van der Waals surface area contributed by atoms with E-state index in [2.05, 4.69) is 5.32 Å². The molecule has 1 unspecified atom stereocenters. The molecule has 8 nitrogen and oxygen atoms in total. The Balaban J connectivity index is 1.80. The largest absolute Gasteiger partial charge is 0.337 e. The third-order valence-electron chi connectivity index (χ3n) is 5.72. The number of hydrazine groups is 1. The number of benzene rings is 1. The smallest absolute Gasteiger partial charge is 0.334 e. The number of nitrogens with one attached hydrogen (secondary N) is 1. The van der Waals surface area contributed by atoms with Gasteiger partial charge in [0.2, 0.25) is 11.8 Å². The van der Waals surface area contributed by atoms with Gasteiger partial charge in [-0.2, -0.15) is 0 Å². The van der Waals surface area contributed by atoms with Crippen LogP contribution in [-0.4, -0.2) is 76.6 Å². The topological polar surface area (TPSA) is 76.2 Å². The number of urea groups is 1. The number of fused-ring (bicyclic) bond motifs is 1. The average molecular weight is 420 g/mol. The Morgan fingerprint density at radius 3 is 2.53 bits per heavy atom. The Kier molecular flexibility index (Phi) is 6.91. The molecule has 9 heteroatoms. The maximum atomic E-state index is 13.1. The number of unbranched alkanes of at least 4 members (excludes halogenated alkanes) is 1. The summed E-state index contributed by atoms with van der Waals surface area (Å²) >= 11 is 0. The maximum Gasteiger partial charge on any atom is 0.334 e. The van der Waals surface area contributed by atoms with Gasteiger partial charge in [-0.3, -0.25) is 9.59 Å². The van der Waals surface area contributed by atoms with E-state index in [9.17, 15) is 18.8 Å². The summed E-state index contributed by atoms with van der Waals surface area (Å²) in [6, 6.07) is 5.02. The van der Waals surface area contributed by atoms with E-state index >= 15 is 0 Å². The minimum Gasteiger partial charge on any atom is -0.337 e. The molecule has 0 radical (unpaired) electrons. The first-order valence-electron chi connectivity index (χ1n) is 10.5. The zero-order valence-corrected chi connectivity index (χ0v) is 17.8. The number of piperazine rings is 1. The highest BCUT2D eigenvalue weighted by Gasteiger charge is 2.50. The van der Waals surface area contributed by atoms with Crippen molar-refractivity contribution < 1.29 is 18.8 Å². The lowest BCUT2D eigenvalue weighted by atomic mass is 10.0. The summed E-state index contributed by atoms with van der Waals surface area (Å²) in [5.41, 5.74) is 0.771. The normalized spacial score (nSPS) is 22.3. The van der Waals surface area contributed by atoms with Gasteiger partial charge in [0.25, 0.3) is 0 Å². The Morgan fingerprint density at radius 1 is 1.20 bits per heavy atom. The van der Waals surface area contributed by atoms with Gasteiger partial charge in [0.05, 0.1) is 13.1 Å². The lowest BCUT2D eigenvalue weighted by Crippen LogP contribution is -2.75. The Hall–Kier alpha value is -2.68. The van der Waals surface area contributed by atoms with Crippen LogP contribution in [-0.2, 0) is 16.1 Å². The van der Waals surface area contributed by atoms with E-state index in [1.54, 1.807) is 34.0 Å². The minimum atomic E-state index is -0.552. The average Bonchev–Trinajstić information content (AvgIpc) is 2.72. The molecule has 0 bridgehead atoms. The molecule has 2 aliphatic rings. The molecule has 3 rings (SSSR count). The maximum absolute atomic E-state index is 13.1. The van der Waals surface area contributed by atoms with Crippen molar-refractivity contribution in [1.29, 1.82) is 0 Å². The number of hydrogen-bond acceptors (Lipinski definition) is 4. The van der Waals surface area contributed by atoms with E-state index < -0.39 is 12.2 Å². The van der Waals surface area contributed by atoms with Crippen molar-refractivity contribution in [3.05, 3.63) is 35.6 Å². The number of amides is 4. The molecule has 2 fully saturated rings. The number of rotatable bonds is 6. The standard InChI is InChI=1S/C21H30FN5O3/c1-4-6-7-17-20(29)25(5-2)13-18-26(17)19(28)14-24(3)27(18)21(30)23-12-15-8-10-16(22)11-9-15/h8-11,17-18H,4-7,12-14H2,1-3H3,(H,23,30)/t17-,18?/m0/s1. The third-order valence-corrected chi connectivity index (χ3v) is 5.72. The predicted octanol–water partition coefficient (Wildman–Crippen LogP) is 1.77. The van der Waals surface area contributed by atoms with Crippen LogP contribution >= 0.6 is 0 Å². The van der Waals surface area contributed by atoms with E-state index in [-0.39, 0.29) is 43.3 Å². The molecule has 30 heavy (non-hydrogen) atoms. The van der Waals surface area contributed by atoms with Crippen molar-refractivity contribution in [3.63, 3.8) is 0 Å². The Labute approximate surface area is 176 Å². The summed E-state index contributed by atoms with van der Waals surface area (Å²) in [6.07, 6.45) is 1.79. The zero-order chi connectivity index (χ0) is 21.8. The number of carbonyl (C=O) groups excluding carboxylic acids is 3. The van der Waals surface area contributed by atoms with Crippen LogP contribution in [0.3, 0.4) is 0 Å². The lowest BCUT2D eigenvalue weighted by molar-refractivity contribution is -0.187. The number of halogens is 1. The molecule has 1 aromatic rings. The lowest BCUT2D eigenvalue weighted by Gasteiger charge is -2.54. The SMILES string of the molecule is CCCC[C@H]1C(=O)N(CC)CC2N1C(=O)CN(C)N2C(=O)NCc1ccc(F)cc1. The second-order valence-corrected chi connectivity index (χ2v) is 7.76. The molecule has 0 saturated carbocycles. The van der Waals surface area contributed by atoms with Crippen LogP contribution in [0.25, 0.3) is 0 Å². The summed E-state index contributed by atoms with van der Waals surface area (Å²) in [4.78, 5) is 42.2. The number of hydrogen-bond donors (Lipinski definition) is 1. The van der Waals surface area contributed by atoms with Crippen molar-refractivity contribution in [2.45, 2.75) is 51.9 Å². The molecule has 1 aromatic carbocycles. The first-order valence-corrected chi connectivity index (χ1v) is 10.5. The summed E-state index contributed by atoms with van der Waals surface area (Å²) in [5, 5.41) is 5.98. The molecule has 2 atom stereocenters. The van der Waals surface area contributed by atoms with Crippen molar-refractivity contribution in [2.75, 3.05) is 26.7 Å². The first-order chi connectivity index (χ1) is 14.4. The predicted molar refractivity (Wildman–Crippen MR) is 109 cm³/mol. The van der Waals surface area contributed by atoms with Gasteiger partial charge in [-0.15, -0.1) is 0 Å². The van der Waals surface area contributed by atoms with E-state index in [0.29, 0.717) is 13.0 Å². The van der Waals surface area contributed by atoms with Crippen LogP contribution in [0.4, 0.5) is 9.18 Å². The number of carbonyl (C=O) groups is 3. The quantitative estimate of drug-likeness (QED) is 0.763. The Bertz CT molecular complexity index is 787. The molecule has 0 aliphatic carbocycles. The highest BCUT2D eigenvalue weighted by molar-refractivity contribution is 5.91. The van der Waals surface area contributed by atoms with Crippen molar-refractivity contribution in [1.82, 2.24) is 25.1 Å². The highest BCUT2D eigenvalue weighted by atomic mass is 19.1. The van der Waals surface area contributed by atoms with E-state index in [0.717, 1.165) is 18.4 Å². The second-order valence-electron chi connectivity index (χ2n) is 7.76. The summed E-state index contributed by atoms with van der Waals surface area (Å²) in [7, 11) is 1.69. The monoisotopic (exact) mass is 419 g/mol. The van der Waals surface area contributed by atoms with Gasteiger partial charge in [-0.1, -0.05) is 31.9 Å². The van der Waals surface area contributed by atoms with Crippen LogP contribution in [0.1, 0.15) is 38.7 Å². The van der Waals surface area contributed by atoms with Gasteiger partial charge in [0.1, 0.15) is 18.0 Å². The molecule has 4 amide bonds. The van der Waals surface area contributed by atoms with E-state index in [1.165, 1.54) is 17.1 Å². The molecular formula is C21H30FN5O3. The van der Waals surface area contributed by atoms with Crippen LogP contribution in [0.15, 0.2) is 24.3 Å². The van der Waals surface area contributed by atoms with Gasteiger partial charge in [0.15, 0.2) is 0 Å². The van der Waals surface area contributed by atoms with Crippen molar-refractivity contribution in [2.24, 2.45) is 0 Å². The van der Waals surface area contributed by atoms with Crippen LogP contribution in [0.5, 0.6) is 0 Å². The molecule has 2 saturated heterocycles. The molecule has 2 heterocycles. The molecule has 1 N–H and O–H groups in total. The van der Waals surface area contributed by atoms with E-state index in [4.69, 9.17) is 0 Å². The molecule has 2 aliphatic heterocycles. The van der Waals surface area contributed by atoms with Crippen molar-refractivity contribution in [3.8, 4) is 0 Å². The second kappa shape index (κ2) is 9.42. The Morgan fingerprint density at radius 2 is 1.90 bits per heavy atom. The van der Waals surface area contributed by atoms with Gasteiger partial charge in [0, 0.05) is 20.1 Å². The van der Waals surface area contributed by atoms with Crippen LogP contribution in [0, 0.1) is 5.82 Å². The summed E-state index contributed by atoms with van der Waals surface area (Å²) in [6.45, 7) is 5.01. The van der Waals surface area contributed by atoms with E-state index in [1.807, 2.05) is 13.8 Å². The summed E-state index contributed by atoms with van der Waals surface area (Å²) in [5.74, 6) is -0.526. The van der Waals surface area contributed by atoms with Crippen molar-refractivity contribution >= 4 is 17.8 Å². The fraction of sp³-hybridized carbons (Fsp3) is 0.571. The summed E-state index contributed by atoms with van der Waals surface area (Å²) < 4.78 is 13.1. The third kappa shape index (κ3) is 4.40. The fourth-order valence-corrected chi connectivity index (χ4v) is 4.13. The molecular weight excluding hydrogens is 389 g/mol. The van der Waals surface area contributed by atoms with Gasteiger partial charge >= 0.3 is 6.03 Å². The molecule has 164 valence electrons. The highest BCUT2D eigenvalue weighted by Crippen LogP contribution is 2.28.